The summed E-state index contributed by atoms with van der Waals surface area (Å²) in [6.07, 6.45) is 1.59. The minimum Gasteiger partial charge on any atom is -0.481 e. The number of nitrogen functional groups attached to an aromatic ring is 1. The summed E-state index contributed by atoms with van der Waals surface area (Å²) in [6.45, 7) is 8.64. The molecule has 4 atom stereocenters. The normalized spacial score (nSPS) is 16.3. The van der Waals surface area contributed by atoms with Crippen LogP contribution in [0, 0.1) is 0 Å². The molecular formula is C19H32N7O6P. The molecule has 0 aliphatic carbocycles. The minimum absolute atomic E-state index is 0.256. The summed E-state index contributed by atoms with van der Waals surface area (Å²) < 4.78 is 26.3. The van der Waals surface area contributed by atoms with Crippen molar-refractivity contribution in [2.24, 2.45) is 0 Å². The molecule has 0 aliphatic rings. The van der Waals surface area contributed by atoms with E-state index in [1.807, 2.05) is 0 Å². The molecule has 0 amide bonds. The number of carboxylic acids is 1. The van der Waals surface area contributed by atoms with E-state index in [0.29, 0.717) is 17.7 Å². The summed E-state index contributed by atoms with van der Waals surface area (Å²) in [7, 11) is -3.54. The number of aliphatic carboxylic acids is 1. The number of imidazole rings is 1. The van der Waals surface area contributed by atoms with Crippen LogP contribution < -0.4 is 15.9 Å². The van der Waals surface area contributed by atoms with Crippen LogP contribution in [-0.2, 0) is 30.2 Å². The van der Waals surface area contributed by atoms with E-state index in [9.17, 15) is 14.2 Å². The highest BCUT2D eigenvalue weighted by atomic mass is 31.2. The monoisotopic (exact) mass is 485 g/mol. The van der Waals surface area contributed by atoms with Crippen LogP contribution in [0.4, 0.5) is 5.82 Å². The number of ether oxygens (including phenoxy) is 2. The van der Waals surface area contributed by atoms with E-state index in [-0.39, 0.29) is 24.7 Å². The molecule has 2 heterocycles. The number of fused-ring (bicyclic) bond motifs is 1. The van der Waals surface area contributed by atoms with E-state index in [1.54, 1.807) is 38.6 Å². The fourth-order valence-corrected chi connectivity index (χ4v) is 5.29. The predicted octanol–water partition coefficient (Wildman–Crippen LogP) is 1.35. The van der Waals surface area contributed by atoms with Gasteiger partial charge in [0.2, 0.25) is 7.44 Å². The highest BCUT2D eigenvalue weighted by Gasteiger charge is 2.31. The molecule has 0 saturated heterocycles. The van der Waals surface area contributed by atoms with Gasteiger partial charge in [-0.3, -0.25) is 14.2 Å². The number of carbonyl (C=O) groups is 2. The van der Waals surface area contributed by atoms with Crippen LogP contribution in [0.15, 0.2) is 12.7 Å². The lowest BCUT2D eigenvalue weighted by Crippen LogP contribution is -2.41. The summed E-state index contributed by atoms with van der Waals surface area (Å²) in [5.41, 5.74) is 6.82. The van der Waals surface area contributed by atoms with Gasteiger partial charge in [-0.2, -0.15) is 0 Å². The molecule has 14 heteroatoms. The number of nitrogens with zero attached hydrogens (tertiary/aromatic N) is 4. The Labute approximate surface area is 191 Å². The van der Waals surface area contributed by atoms with Gasteiger partial charge < -0.3 is 24.9 Å². The second-order valence-corrected chi connectivity index (χ2v) is 10.4. The van der Waals surface area contributed by atoms with Crippen molar-refractivity contribution >= 4 is 36.4 Å². The van der Waals surface area contributed by atoms with E-state index < -0.39 is 37.6 Å². The molecule has 0 saturated carbocycles. The lowest BCUT2D eigenvalue weighted by Gasteiger charge is -2.28. The van der Waals surface area contributed by atoms with Gasteiger partial charge in [0.25, 0.3) is 0 Å². The Balaban J connectivity index is 2.08. The zero-order chi connectivity index (χ0) is 24.8. The molecule has 184 valence electrons. The Bertz CT molecular complexity index is 1010. The first kappa shape index (κ1) is 26.7. The van der Waals surface area contributed by atoms with Crippen molar-refractivity contribution in [2.75, 3.05) is 12.1 Å². The molecule has 2 aromatic heterocycles. The van der Waals surface area contributed by atoms with Gasteiger partial charge in [0, 0.05) is 6.04 Å². The van der Waals surface area contributed by atoms with Gasteiger partial charge in [0.05, 0.1) is 31.5 Å². The van der Waals surface area contributed by atoms with Crippen molar-refractivity contribution in [2.45, 2.75) is 71.9 Å². The number of carboxylic acid groups (broad SMARTS) is 1. The number of aromatic nitrogens is 4. The summed E-state index contributed by atoms with van der Waals surface area (Å²) in [4.78, 5) is 35.5. The van der Waals surface area contributed by atoms with Crippen LogP contribution >= 0.6 is 7.44 Å². The van der Waals surface area contributed by atoms with Crippen molar-refractivity contribution in [3.05, 3.63) is 12.7 Å². The van der Waals surface area contributed by atoms with Gasteiger partial charge in [-0.1, -0.05) is 0 Å². The summed E-state index contributed by atoms with van der Waals surface area (Å²) in [5.74, 6) is -1.36. The fourth-order valence-electron chi connectivity index (χ4n) is 3.07. The third-order valence-corrected chi connectivity index (χ3v) is 6.62. The highest BCUT2D eigenvalue weighted by molar-refractivity contribution is 7.59. The number of nitrogens with two attached hydrogens (primary N) is 1. The molecule has 5 N–H and O–H groups in total. The van der Waals surface area contributed by atoms with E-state index in [4.69, 9.17) is 20.3 Å². The van der Waals surface area contributed by atoms with Crippen LogP contribution in [0.1, 0.15) is 41.0 Å². The van der Waals surface area contributed by atoms with Gasteiger partial charge >= 0.3 is 11.9 Å². The Hall–Kier alpha value is -2.60. The molecule has 2 rings (SSSR count). The number of nitrogens with one attached hydrogen (secondary N) is 2. The van der Waals surface area contributed by atoms with Crippen LogP contribution in [0.2, 0.25) is 0 Å². The zero-order valence-electron chi connectivity index (χ0n) is 19.4. The van der Waals surface area contributed by atoms with Crippen molar-refractivity contribution in [1.82, 2.24) is 29.7 Å². The van der Waals surface area contributed by atoms with Gasteiger partial charge in [-0.05, 0) is 34.6 Å². The van der Waals surface area contributed by atoms with Crippen molar-refractivity contribution < 1.29 is 28.7 Å². The molecule has 0 aromatic carbocycles. The molecule has 0 spiro atoms. The SMILES string of the molecule is CC(C)OC(=O)[C@H](C)NP(=O)(CO[C@H](C)Cn1cnc2c(N)ncnc21)N[C@H](C)CC(=O)O. The molecule has 13 nitrogen and oxygen atoms in total. The maximum atomic E-state index is 13.6. The second-order valence-electron chi connectivity index (χ2n) is 8.14. The number of rotatable bonds is 13. The quantitative estimate of drug-likeness (QED) is 0.236. The van der Waals surface area contributed by atoms with Gasteiger partial charge in [0.1, 0.15) is 24.2 Å². The Kier molecular flexibility index (Phi) is 9.29. The van der Waals surface area contributed by atoms with E-state index in [0.717, 1.165) is 0 Å². The Morgan fingerprint density at radius 1 is 1.18 bits per heavy atom. The average Bonchev–Trinajstić information content (AvgIpc) is 3.09. The van der Waals surface area contributed by atoms with Crippen molar-refractivity contribution in [1.29, 1.82) is 0 Å². The maximum Gasteiger partial charge on any atom is 0.323 e. The Morgan fingerprint density at radius 2 is 1.88 bits per heavy atom. The topological polar surface area (TPSA) is 184 Å². The molecule has 0 radical (unpaired) electrons. The molecule has 0 fully saturated rings. The third kappa shape index (κ3) is 8.04. The number of carbonyl (C=O) groups excluding carboxylic acids is 1. The largest absolute Gasteiger partial charge is 0.481 e. The first-order valence-corrected chi connectivity index (χ1v) is 12.4. The van der Waals surface area contributed by atoms with Crippen LogP contribution in [0.5, 0.6) is 0 Å². The number of esters is 1. The first-order valence-electron chi connectivity index (χ1n) is 10.5. The van der Waals surface area contributed by atoms with Gasteiger partial charge in [-0.15, -0.1) is 0 Å². The molecule has 33 heavy (non-hydrogen) atoms. The molecule has 0 aliphatic heterocycles. The molecule has 0 bridgehead atoms. The van der Waals surface area contributed by atoms with E-state index in [2.05, 4.69) is 25.1 Å². The highest BCUT2D eigenvalue weighted by Crippen LogP contribution is 2.38. The van der Waals surface area contributed by atoms with Crippen molar-refractivity contribution in [3.63, 3.8) is 0 Å². The van der Waals surface area contributed by atoms with E-state index >= 15 is 0 Å². The first-order chi connectivity index (χ1) is 15.4. The second kappa shape index (κ2) is 11.5. The van der Waals surface area contributed by atoms with E-state index in [1.165, 1.54) is 13.3 Å². The maximum absolute atomic E-state index is 13.6. The van der Waals surface area contributed by atoms with Crippen LogP contribution in [-0.4, -0.2) is 67.2 Å². The smallest absolute Gasteiger partial charge is 0.323 e. The number of hydrogen-bond donors (Lipinski definition) is 4. The lowest BCUT2D eigenvalue weighted by atomic mass is 10.3. The van der Waals surface area contributed by atoms with Crippen molar-refractivity contribution in [3.8, 4) is 0 Å². The van der Waals surface area contributed by atoms with Crippen LogP contribution in [0.3, 0.4) is 0 Å². The Morgan fingerprint density at radius 3 is 2.52 bits per heavy atom. The summed E-state index contributed by atoms with van der Waals surface area (Å²) >= 11 is 0. The molecular weight excluding hydrogens is 453 g/mol. The van der Waals surface area contributed by atoms with Gasteiger partial charge in [0.15, 0.2) is 11.5 Å². The predicted molar refractivity (Wildman–Crippen MR) is 121 cm³/mol. The minimum atomic E-state index is -3.54. The molecule has 2 aromatic rings. The molecule has 1 unspecified atom stereocenters. The van der Waals surface area contributed by atoms with Gasteiger partial charge in [-0.25, -0.2) is 25.1 Å². The summed E-state index contributed by atoms with van der Waals surface area (Å²) in [5, 5.41) is 14.6. The third-order valence-electron chi connectivity index (χ3n) is 4.44. The zero-order valence-corrected chi connectivity index (χ0v) is 20.3. The number of anilines is 1. The van der Waals surface area contributed by atoms with Crippen LogP contribution in [0.25, 0.3) is 11.2 Å². The fraction of sp³-hybridized carbons (Fsp3) is 0.632. The lowest BCUT2D eigenvalue weighted by molar-refractivity contribution is -0.149. The summed E-state index contributed by atoms with van der Waals surface area (Å²) in [6, 6.07) is -1.54. The number of hydrogen-bond acceptors (Lipinski definition) is 9. The average molecular weight is 485 g/mol. The standard InChI is InChI=1S/C19H32N7O6P/c1-11(2)32-19(29)14(5)25-33(30,24-12(3)6-15(27)28)10-31-13(4)7-26-9-23-16-17(20)21-8-22-18(16)26/h8-9,11-14H,6-7,10H2,1-5H3,(H,27,28)(H2,20,21,22)(H2,24,25,30)/t12-,13-,14+,33?/m1/s1.